The van der Waals surface area contributed by atoms with Crippen LogP contribution in [-0.2, 0) is 0 Å². The molecule has 0 bridgehead atoms. The first-order valence-corrected chi connectivity index (χ1v) is 7.19. The predicted molar refractivity (Wildman–Crippen MR) is 78.1 cm³/mol. The highest BCUT2D eigenvalue weighted by molar-refractivity contribution is 5.23. The van der Waals surface area contributed by atoms with Gasteiger partial charge in [-0.15, -0.1) is 0 Å². The summed E-state index contributed by atoms with van der Waals surface area (Å²) in [5, 5.41) is 0. The average molecular weight is 232 g/mol. The maximum atomic E-state index is 4.05. The van der Waals surface area contributed by atoms with Crippen LogP contribution in [0.2, 0.25) is 0 Å². The summed E-state index contributed by atoms with van der Waals surface area (Å²) in [5.74, 6) is 1.53. The summed E-state index contributed by atoms with van der Waals surface area (Å²) in [5.41, 5.74) is 3.10. The average Bonchev–Trinajstić information content (AvgIpc) is 2.99. The van der Waals surface area contributed by atoms with Crippen molar-refractivity contribution in [2.75, 3.05) is 0 Å². The molecular weight excluding hydrogens is 204 g/mol. The zero-order chi connectivity index (χ0) is 12.7. The van der Waals surface area contributed by atoms with Gasteiger partial charge in [-0.25, -0.2) is 0 Å². The van der Waals surface area contributed by atoms with Crippen molar-refractivity contribution in [1.82, 2.24) is 0 Å². The third-order valence-corrected chi connectivity index (χ3v) is 3.60. The molecule has 0 aromatic carbocycles. The highest BCUT2D eigenvalue weighted by Gasteiger charge is 2.27. The topological polar surface area (TPSA) is 0 Å². The Bertz CT molecular complexity index is 293. The normalized spacial score (nSPS) is 22.2. The molecule has 0 amide bonds. The molecule has 1 fully saturated rings. The van der Waals surface area contributed by atoms with E-state index < -0.39 is 0 Å². The number of allylic oxidation sites excluding steroid dienone is 5. The van der Waals surface area contributed by atoms with Crippen LogP contribution < -0.4 is 0 Å². The Hall–Kier alpha value is -0.780. The van der Waals surface area contributed by atoms with Gasteiger partial charge in [-0.3, -0.25) is 0 Å². The first-order valence-electron chi connectivity index (χ1n) is 7.19. The van der Waals surface area contributed by atoms with E-state index in [1.165, 1.54) is 37.7 Å². The SMILES string of the molecule is C=C1CC1CC(=CC(C)CCC=CCC)CC. The molecule has 0 heterocycles. The van der Waals surface area contributed by atoms with E-state index in [0.717, 1.165) is 18.3 Å². The van der Waals surface area contributed by atoms with Gasteiger partial charge in [0, 0.05) is 0 Å². The lowest BCUT2D eigenvalue weighted by Crippen LogP contribution is -1.93. The molecule has 1 rings (SSSR count). The van der Waals surface area contributed by atoms with Crippen LogP contribution in [0.15, 0.2) is 36.0 Å². The van der Waals surface area contributed by atoms with Crippen LogP contribution in [-0.4, -0.2) is 0 Å². The molecule has 17 heavy (non-hydrogen) atoms. The highest BCUT2D eigenvalue weighted by atomic mass is 14.3. The molecule has 0 nitrogen and oxygen atoms in total. The molecule has 0 N–H and O–H groups in total. The third kappa shape index (κ3) is 5.91. The van der Waals surface area contributed by atoms with Crippen molar-refractivity contribution < 1.29 is 0 Å². The Kier molecular flexibility index (Phi) is 6.32. The van der Waals surface area contributed by atoms with Gasteiger partial charge in [0.05, 0.1) is 0 Å². The summed E-state index contributed by atoms with van der Waals surface area (Å²) >= 11 is 0. The lowest BCUT2D eigenvalue weighted by Gasteiger charge is -2.09. The van der Waals surface area contributed by atoms with Gasteiger partial charge in [0.1, 0.15) is 0 Å². The summed E-state index contributed by atoms with van der Waals surface area (Å²) in [7, 11) is 0. The van der Waals surface area contributed by atoms with Crippen LogP contribution in [0.1, 0.15) is 59.3 Å². The first-order chi connectivity index (χ1) is 8.17. The van der Waals surface area contributed by atoms with Crippen molar-refractivity contribution in [3.8, 4) is 0 Å². The molecule has 1 aliphatic rings. The van der Waals surface area contributed by atoms with Gasteiger partial charge in [0.2, 0.25) is 0 Å². The van der Waals surface area contributed by atoms with Crippen LogP contribution in [0.5, 0.6) is 0 Å². The number of rotatable bonds is 8. The predicted octanol–water partition coefficient (Wildman–Crippen LogP) is 5.67. The second-order valence-corrected chi connectivity index (χ2v) is 5.38. The van der Waals surface area contributed by atoms with E-state index in [0.29, 0.717) is 0 Å². The lowest BCUT2D eigenvalue weighted by molar-refractivity contribution is 0.642. The zero-order valence-electron chi connectivity index (χ0n) is 11.8. The van der Waals surface area contributed by atoms with Crippen molar-refractivity contribution in [3.63, 3.8) is 0 Å². The molecule has 2 unspecified atom stereocenters. The van der Waals surface area contributed by atoms with Crippen LogP contribution in [0, 0.1) is 11.8 Å². The van der Waals surface area contributed by atoms with Crippen LogP contribution in [0.4, 0.5) is 0 Å². The van der Waals surface area contributed by atoms with Crippen molar-refractivity contribution in [2.24, 2.45) is 11.8 Å². The summed E-state index contributed by atoms with van der Waals surface area (Å²) in [6, 6.07) is 0. The van der Waals surface area contributed by atoms with E-state index in [2.05, 4.69) is 45.6 Å². The Morgan fingerprint density at radius 1 is 1.41 bits per heavy atom. The second kappa shape index (κ2) is 7.53. The Balaban J connectivity index is 2.30. The molecular formula is C17H28. The van der Waals surface area contributed by atoms with Crippen molar-refractivity contribution in [1.29, 1.82) is 0 Å². The van der Waals surface area contributed by atoms with Gasteiger partial charge in [0.15, 0.2) is 0 Å². The molecule has 0 aliphatic heterocycles. The fraction of sp³-hybridized carbons (Fsp3) is 0.647. The van der Waals surface area contributed by atoms with Crippen molar-refractivity contribution in [3.05, 3.63) is 36.0 Å². The molecule has 0 radical (unpaired) electrons. The summed E-state index contributed by atoms with van der Waals surface area (Å²) in [4.78, 5) is 0. The van der Waals surface area contributed by atoms with Crippen molar-refractivity contribution in [2.45, 2.75) is 59.3 Å². The minimum Gasteiger partial charge on any atom is -0.0995 e. The quantitative estimate of drug-likeness (QED) is 0.473. The van der Waals surface area contributed by atoms with E-state index in [9.17, 15) is 0 Å². The molecule has 2 atom stereocenters. The van der Waals surface area contributed by atoms with Gasteiger partial charge in [-0.2, -0.15) is 0 Å². The van der Waals surface area contributed by atoms with Gasteiger partial charge < -0.3 is 0 Å². The van der Waals surface area contributed by atoms with Gasteiger partial charge in [-0.05, 0) is 50.4 Å². The fourth-order valence-corrected chi connectivity index (χ4v) is 2.25. The largest absolute Gasteiger partial charge is 0.0995 e. The summed E-state index contributed by atoms with van der Waals surface area (Å²) in [6.45, 7) is 10.9. The van der Waals surface area contributed by atoms with E-state index in [4.69, 9.17) is 0 Å². The molecule has 1 saturated carbocycles. The first kappa shape index (κ1) is 14.3. The minimum atomic E-state index is 0.721. The van der Waals surface area contributed by atoms with E-state index in [1.807, 2.05) is 0 Å². The molecule has 0 saturated heterocycles. The monoisotopic (exact) mass is 232 g/mol. The van der Waals surface area contributed by atoms with Gasteiger partial charge >= 0.3 is 0 Å². The Morgan fingerprint density at radius 2 is 2.12 bits per heavy atom. The van der Waals surface area contributed by atoms with E-state index >= 15 is 0 Å². The highest BCUT2D eigenvalue weighted by Crippen LogP contribution is 2.41. The lowest BCUT2D eigenvalue weighted by atomic mass is 9.97. The van der Waals surface area contributed by atoms with Crippen LogP contribution in [0.3, 0.4) is 0 Å². The van der Waals surface area contributed by atoms with Crippen LogP contribution >= 0.6 is 0 Å². The molecule has 1 aliphatic carbocycles. The molecule has 0 spiro atoms. The third-order valence-electron chi connectivity index (χ3n) is 3.60. The van der Waals surface area contributed by atoms with Crippen LogP contribution in [0.25, 0.3) is 0 Å². The smallest absolute Gasteiger partial charge is 0.0131 e. The van der Waals surface area contributed by atoms with Gasteiger partial charge in [-0.1, -0.05) is 56.7 Å². The maximum Gasteiger partial charge on any atom is -0.0131 e. The molecule has 0 aromatic heterocycles. The van der Waals surface area contributed by atoms with Gasteiger partial charge in [0.25, 0.3) is 0 Å². The fourth-order valence-electron chi connectivity index (χ4n) is 2.25. The number of hydrogen-bond acceptors (Lipinski definition) is 0. The van der Waals surface area contributed by atoms with E-state index in [1.54, 1.807) is 5.57 Å². The molecule has 96 valence electrons. The minimum absolute atomic E-state index is 0.721. The molecule has 0 aromatic rings. The Labute approximate surface area is 108 Å². The second-order valence-electron chi connectivity index (χ2n) is 5.38. The van der Waals surface area contributed by atoms with Crippen molar-refractivity contribution >= 4 is 0 Å². The number of hydrogen-bond donors (Lipinski definition) is 0. The standard InChI is InChI=1S/C17H28/c1-5-7-8-9-10-14(3)11-16(6-2)13-17-12-15(17)4/h7-8,11,14,17H,4-6,9-10,12-13H2,1-3H3. The summed E-state index contributed by atoms with van der Waals surface area (Å²) < 4.78 is 0. The summed E-state index contributed by atoms with van der Waals surface area (Å²) in [6.07, 6.45) is 14.5. The molecule has 0 heteroatoms. The zero-order valence-corrected chi connectivity index (χ0v) is 11.8. The van der Waals surface area contributed by atoms with E-state index in [-0.39, 0.29) is 0 Å². The Morgan fingerprint density at radius 3 is 2.65 bits per heavy atom. The maximum absolute atomic E-state index is 4.05.